The molecular formula is C19H23N3O2S. The topological polar surface area (TPSA) is 75.1 Å². The number of hydrogen-bond donors (Lipinski definition) is 2. The van der Waals surface area contributed by atoms with Crippen LogP contribution in [0.15, 0.2) is 17.5 Å². The second-order valence-corrected chi connectivity index (χ2v) is 7.19. The number of aliphatic hydroxyl groups is 1. The summed E-state index contributed by atoms with van der Waals surface area (Å²) < 4.78 is 0. The van der Waals surface area contributed by atoms with Crippen molar-refractivity contribution < 1.29 is 9.90 Å². The van der Waals surface area contributed by atoms with Gasteiger partial charge in [0.25, 0.3) is 0 Å². The molecule has 0 unspecified atom stereocenters. The summed E-state index contributed by atoms with van der Waals surface area (Å²) in [5, 5.41) is 13.8. The molecule has 0 radical (unpaired) electrons. The molecule has 0 saturated heterocycles. The second-order valence-electron chi connectivity index (χ2n) is 6.25. The van der Waals surface area contributed by atoms with Gasteiger partial charge in [-0.1, -0.05) is 0 Å². The van der Waals surface area contributed by atoms with Crippen molar-refractivity contribution in [3.05, 3.63) is 50.7 Å². The molecule has 25 heavy (non-hydrogen) atoms. The van der Waals surface area contributed by atoms with Crippen molar-refractivity contribution in [2.75, 3.05) is 6.54 Å². The molecule has 0 aromatic carbocycles. The van der Waals surface area contributed by atoms with Crippen molar-refractivity contribution >= 4 is 23.3 Å². The standard InChI is InChI=1S/C19H23N3O2S/c1-13-16-4-2-3-5-17(16)22-18(21-13)8-9-20-19(24)7-6-15-10-14(11-23)12-25-15/h6-7,10,12,23H,2-5,8-9,11H2,1H3,(H,20,24). The van der Waals surface area contributed by atoms with E-state index in [2.05, 4.69) is 22.2 Å². The van der Waals surface area contributed by atoms with Gasteiger partial charge in [0.1, 0.15) is 5.82 Å². The van der Waals surface area contributed by atoms with Crippen LogP contribution in [-0.4, -0.2) is 27.5 Å². The predicted molar refractivity (Wildman–Crippen MR) is 99.4 cm³/mol. The van der Waals surface area contributed by atoms with Crippen molar-refractivity contribution in [1.82, 2.24) is 15.3 Å². The van der Waals surface area contributed by atoms with E-state index in [0.717, 1.165) is 34.8 Å². The van der Waals surface area contributed by atoms with Gasteiger partial charge in [-0.05, 0) is 61.3 Å². The number of aryl methyl sites for hydroxylation is 2. The van der Waals surface area contributed by atoms with E-state index < -0.39 is 0 Å². The van der Waals surface area contributed by atoms with E-state index in [4.69, 9.17) is 5.11 Å². The minimum atomic E-state index is -0.131. The van der Waals surface area contributed by atoms with Crippen LogP contribution >= 0.6 is 11.3 Å². The fourth-order valence-electron chi connectivity index (χ4n) is 3.04. The lowest BCUT2D eigenvalue weighted by molar-refractivity contribution is -0.116. The van der Waals surface area contributed by atoms with E-state index >= 15 is 0 Å². The number of rotatable bonds is 6. The number of fused-ring (bicyclic) bond motifs is 1. The van der Waals surface area contributed by atoms with Gasteiger partial charge >= 0.3 is 0 Å². The molecule has 1 aliphatic carbocycles. The van der Waals surface area contributed by atoms with Crippen LogP contribution in [0.2, 0.25) is 0 Å². The third kappa shape index (κ3) is 4.74. The van der Waals surface area contributed by atoms with E-state index in [1.165, 1.54) is 41.5 Å². The van der Waals surface area contributed by atoms with Crippen molar-refractivity contribution in [2.24, 2.45) is 0 Å². The Morgan fingerprint density at radius 1 is 1.36 bits per heavy atom. The van der Waals surface area contributed by atoms with Gasteiger partial charge in [-0.3, -0.25) is 4.79 Å². The highest BCUT2D eigenvalue weighted by atomic mass is 32.1. The molecule has 2 N–H and O–H groups in total. The highest BCUT2D eigenvalue weighted by molar-refractivity contribution is 7.11. The zero-order valence-corrected chi connectivity index (χ0v) is 15.2. The maximum absolute atomic E-state index is 11.9. The van der Waals surface area contributed by atoms with Crippen LogP contribution in [0, 0.1) is 6.92 Å². The number of thiophene rings is 1. The highest BCUT2D eigenvalue weighted by Gasteiger charge is 2.15. The summed E-state index contributed by atoms with van der Waals surface area (Å²) in [7, 11) is 0. The highest BCUT2D eigenvalue weighted by Crippen LogP contribution is 2.21. The largest absolute Gasteiger partial charge is 0.392 e. The molecule has 0 aliphatic heterocycles. The normalized spacial score (nSPS) is 13.8. The summed E-state index contributed by atoms with van der Waals surface area (Å²) in [5.74, 6) is 0.682. The molecule has 5 nitrogen and oxygen atoms in total. The molecular weight excluding hydrogens is 334 g/mol. The van der Waals surface area contributed by atoms with Crippen molar-refractivity contribution in [1.29, 1.82) is 0 Å². The fourth-order valence-corrected chi connectivity index (χ4v) is 3.83. The first-order valence-corrected chi connectivity index (χ1v) is 9.53. The summed E-state index contributed by atoms with van der Waals surface area (Å²) in [4.78, 5) is 22.1. The number of amides is 1. The van der Waals surface area contributed by atoms with Crippen LogP contribution in [0.5, 0.6) is 0 Å². The van der Waals surface area contributed by atoms with E-state index in [1.807, 2.05) is 11.4 Å². The van der Waals surface area contributed by atoms with Crippen molar-refractivity contribution in [2.45, 2.75) is 45.6 Å². The number of aliphatic hydroxyl groups excluding tert-OH is 1. The molecule has 0 atom stereocenters. The quantitative estimate of drug-likeness (QED) is 0.779. The summed E-state index contributed by atoms with van der Waals surface area (Å²) in [5.41, 5.74) is 4.46. The SMILES string of the molecule is Cc1nc(CCNC(=O)C=Cc2cc(CO)cs2)nc2c1CCCC2. The van der Waals surface area contributed by atoms with Gasteiger partial charge in [0.15, 0.2) is 0 Å². The Kier molecular flexibility index (Phi) is 5.94. The van der Waals surface area contributed by atoms with Crippen LogP contribution in [0.3, 0.4) is 0 Å². The summed E-state index contributed by atoms with van der Waals surface area (Å²) in [6.45, 7) is 2.60. The van der Waals surface area contributed by atoms with Crippen LogP contribution in [0.4, 0.5) is 0 Å². The number of aromatic nitrogens is 2. The Morgan fingerprint density at radius 2 is 2.20 bits per heavy atom. The molecule has 0 spiro atoms. The van der Waals surface area contributed by atoms with E-state index in [-0.39, 0.29) is 12.5 Å². The average Bonchev–Trinajstić information content (AvgIpc) is 3.08. The second kappa shape index (κ2) is 8.36. The molecule has 6 heteroatoms. The smallest absolute Gasteiger partial charge is 0.244 e. The Hall–Kier alpha value is -2.05. The van der Waals surface area contributed by atoms with Gasteiger partial charge < -0.3 is 10.4 Å². The molecule has 132 valence electrons. The van der Waals surface area contributed by atoms with Gasteiger partial charge in [-0.2, -0.15) is 0 Å². The summed E-state index contributed by atoms with van der Waals surface area (Å²) >= 11 is 1.50. The van der Waals surface area contributed by atoms with Gasteiger partial charge in [0.05, 0.1) is 6.61 Å². The van der Waals surface area contributed by atoms with Gasteiger partial charge in [-0.25, -0.2) is 9.97 Å². The Bertz CT molecular complexity index is 783. The lowest BCUT2D eigenvalue weighted by Gasteiger charge is -2.17. The summed E-state index contributed by atoms with van der Waals surface area (Å²) in [6, 6.07) is 1.87. The van der Waals surface area contributed by atoms with E-state index in [0.29, 0.717) is 13.0 Å². The number of nitrogens with zero attached hydrogens (tertiary/aromatic N) is 2. The Balaban J connectivity index is 1.50. The lowest BCUT2D eigenvalue weighted by atomic mass is 9.95. The zero-order chi connectivity index (χ0) is 17.6. The predicted octanol–water partition coefficient (Wildman–Crippen LogP) is 2.59. The molecule has 2 aromatic heterocycles. The first-order valence-electron chi connectivity index (χ1n) is 8.65. The fraction of sp³-hybridized carbons (Fsp3) is 0.421. The Morgan fingerprint density at radius 3 is 3.00 bits per heavy atom. The first-order chi connectivity index (χ1) is 12.2. The van der Waals surface area contributed by atoms with E-state index in [9.17, 15) is 4.79 Å². The minimum Gasteiger partial charge on any atom is -0.392 e. The van der Waals surface area contributed by atoms with Crippen LogP contribution in [0.1, 0.15) is 46.1 Å². The summed E-state index contributed by atoms with van der Waals surface area (Å²) in [6.07, 6.45) is 8.47. The van der Waals surface area contributed by atoms with Gasteiger partial charge in [-0.15, -0.1) is 11.3 Å². The number of carbonyl (C=O) groups is 1. The van der Waals surface area contributed by atoms with Gasteiger partial charge in [0.2, 0.25) is 5.91 Å². The molecule has 0 fully saturated rings. The first kappa shape index (κ1) is 17.8. The third-order valence-electron chi connectivity index (χ3n) is 4.34. The lowest BCUT2D eigenvalue weighted by Crippen LogP contribution is -2.24. The van der Waals surface area contributed by atoms with Crippen molar-refractivity contribution in [3.8, 4) is 0 Å². The zero-order valence-electron chi connectivity index (χ0n) is 14.4. The molecule has 0 bridgehead atoms. The molecule has 2 aromatic rings. The van der Waals surface area contributed by atoms with Crippen molar-refractivity contribution in [3.63, 3.8) is 0 Å². The number of nitrogens with one attached hydrogen (secondary N) is 1. The molecule has 1 aliphatic rings. The third-order valence-corrected chi connectivity index (χ3v) is 5.29. The van der Waals surface area contributed by atoms with E-state index in [1.54, 1.807) is 6.08 Å². The molecule has 1 amide bonds. The number of hydrogen-bond acceptors (Lipinski definition) is 5. The van der Waals surface area contributed by atoms with Crippen LogP contribution in [0.25, 0.3) is 6.08 Å². The van der Waals surface area contributed by atoms with Gasteiger partial charge in [0, 0.05) is 35.3 Å². The minimum absolute atomic E-state index is 0.0245. The van der Waals surface area contributed by atoms with Crippen LogP contribution < -0.4 is 5.32 Å². The molecule has 3 rings (SSSR count). The average molecular weight is 357 g/mol. The maximum atomic E-state index is 11.9. The molecule has 0 saturated carbocycles. The van der Waals surface area contributed by atoms with Crippen LogP contribution in [-0.2, 0) is 30.7 Å². The monoisotopic (exact) mass is 357 g/mol. The Labute approximate surface area is 151 Å². The molecule has 2 heterocycles. The number of carbonyl (C=O) groups excluding carboxylic acids is 1. The maximum Gasteiger partial charge on any atom is 0.244 e.